The summed E-state index contributed by atoms with van der Waals surface area (Å²) in [5, 5.41) is 4.25. The lowest BCUT2D eigenvalue weighted by atomic mass is 9.75. The molecule has 0 saturated heterocycles. The third-order valence-electron chi connectivity index (χ3n) is 3.16. The highest BCUT2D eigenvalue weighted by Crippen LogP contribution is 2.39. The van der Waals surface area contributed by atoms with E-state index in [1.54, 1.807) is 12.4 Å². The van der Waals surface area contributed by atoms with Gasteiger partial charge in [-0.1, -0.05) is 18.5 Å². The van der Waals surface area contributed by atoms with Gasteiger partial charge in [0, 0.05) is 17.9 Å². The van der Waals surface area contributed by atoms with E-state index in [9.17, 15) is 0 Å². The molecular weight excluding hydrogens is 196 g/mol. The molecule has 2 rings (SSSR count). The summed E-state index contributed by atoms with van der Waals surface area (Å²) >= 11 is 6.04. The normalized spacial score (nSPS) is 18.7. The summed E-state index contributed by atoms with van der Waals surface area (Å²) < 4.78 is 0. The predicted molar refractivity (Wildman–Crippen MR) is 59.7 cm³/mol. The van der Waals surface area contributed by atoms with Crippen LogP contribution in [0.4, 0.5) is 5.69 Å². The smallest absolute Gasteiger partial charge is 0.0820 e. The van der Waals surface area contributed by atoms with Gasteiger partial charge < -0.3 is 5.32 Å². The molecule has 1 aromatic heterocycles. The Hall–Kier alpha value is -0.760. The molecule has 0 radical (unpaired) electrons. The Morgan fingerprint density at radius 1 is 1.57 bits per heavy atom. The predicted octanol–water partition coefficient (Wildman–Crippen LogP) is 3.48. The van der Waals surface area contributed by atoms with Crippen LogP contribution in [0.15, 0.2) is 18.5 Å². The van der Waals surface area contributed by atoms with Crippen LogP contribution in [0.3, 0.4) is 0 Å². The number of hydrogen-bond donors (Lipinski definition) is 1. The molecule has 0 unspecified atom stereocenters. The summed E-state index contributed by atoms with van der Waals surface area (Å²) in [6.07, 6.45) is 8.45. The molecule has 1 saturated carbocycles. The van der Waals surface area contributed by atoms with Crippen LogP contribution < -0.4 is 5.32 Å². The molecule has 1 aliphatic rings. The second kappa shape index (κ2) is 3.77. The fraction of sp³-hybridized carbons (Fsp3) is 0.545. The van der Waals surface area contributed by atoms with Crippen LogP contribution in [0, 0.1) is 0 Å². The lowest BCUT2D eigenvalue weighted by Gasteiger charge is -2.43. The molecule has 1 aromatic rings. The zero-order valence-corrected chi connectivity index (χ0v) is 9.14. The molecule has 0 spiro atoms. The molecule has 2 nitrogen and oxygen atoms in total. The van der Waals surface area contributed by atoms with Crippen LogP contribution in [0.25, 0.3) is 0 Å². The molecule has 0 bridgehead atoms. The summed E-state index contributed by atoms with van der Waals surface area (Å²) in [5.41, 5.74) is 1.31. The minimum absolute atomic E-state index is 0.297. The first-order valence-electron chi connectivity index (χ1n) is 5.13. The van der Waals surface area contributed by atoms with Gasteiger partial charge in [0.1, 0.15) is 0 Å². The molecule has 0 aromatic carbocycles. The molecule has 0 atom stereocenters. The maximum Gasteiger partial charge on any atom is 0.0820 e. The number of aromatic nitrogens is 1. The van der Waals surface area contributed by atoms with Crippen LogP contribution in [0.2, 0.25) is 5.02 Å². The van der Waals surface area contributed by atoms with Gasteiger partial charge in [0.15, 0.2) is 0 Å². The van der Waals surface area contributed by atoms with Crippen LogP contribution in [-0.2, 0) is 0 Å². The molecule has 1 heterocycles. The van der Waals surface area contributed by atoms with Crippen molar-refractivity contribution >= 4 is 17.3 Å². The summed E-state index contributed by atoms with van der Waals surface area (Å²) in [6, 6.07) is 1.94. The van der Waals surface area contributed by atoms with Gasteiger partial charge in [0.05, 0.1) is 10.7 Å². The molecule has 14 heavy (non-hydrogen) atoms. The van der Waals surface area contributed by atoms with Crippen LogP contribution in [-0.4, -0.2) is 10.5 Å². The first-order chi connectivity index (χ1) is 6.76. The Bertz CT molecular complexity index is 315. The zero-order chi connectivity index (χ0) is 10.0. The summed E-state index contributed by atoms with van der Waals surface area (Å²) in [7, 11) is 0. The van der Waals surface area contributed by atoms with Gasteiger partial charge in [0.25, 0.3) is 0 Å². The third-order valence-corrected chi connectivity index (χ3v) is 3.46. The van der Waals surface area contributed by atoms with Crippen molar-refractivity contribution in [1.29, 1.82) is 0 Å². The van der Waals surface area contributed by atoms with E-state index in [4.69, 9.17) is 11.6 Å². The second-order valence-electron chi connectivity index (χ2n) is 3.97. The van der Waals surface area contributed by atoms with Gasteiger partial charge in [-0.25, -0.2) is 0 Å². The van der Waals surface area contributed by atoms with Crippen molar-refractivity contribution in [3.63, 3.8) is 0 Å². The van der Waals surface area contributed by atoms with Gasteiger partial charge in [-0.15, -0.1) is 0 Å². The van der Waals surface area contributed by atoms with Gasteiger partial charge in [-0.3, -0.25) is 4.98 Å². The SMILES string of the molecule is CCC1(Nc2ccncc2Cl)CCC1. The van der Waals surface area contributed by atoms with Gasteiger partial charge in [-0.2, -0.15) is 0 Å². The van der Waals surface area contributed by atoms with Crippen molar-refractivity contribution in [3.8, 4) is 0 Å². The molecule has 0 amide bonds. The number of hydrogen-bond acceptors (Lipinski definition) is 2. The maximum atomic E-state index is 6.04. The van der Waals surface area contributed by atoms with E-state index in [0.717, 1.165) is 12.1 Å². The number of nitrogens with zero attached hydrogens (tertiary/aromatic N) is 1. The van der Waals surface area contributed by atoms with Crippen molar-refractivity contribution in [3.05, 3.63) is 23.5 Å². The fourth-order valence-electron chi connectivity index (χ4n) is 1.93. The fourth-order valence-corrected chi connectivity index (χ4v) is 2.10. The van der Waals surface area contributed by atoms with Crippen molar-refractivity contribution in [1.82, 2.24) is 4.98 Å². The molecular formula is C11H15ClN2. The minimum atomic E-state index is 0.297. The average Bonchev–Trinajstić information content (AvgIpc) is 2.14. The van der Waals surface area contributed by atoms with E-state index in [0.29, 0.717) is 10.6 Å². The van der Waals surface area contributed by atoms with Crippen LogP contribution in [0.5, 0.6) is 0 Å². The van der Waals surface area contributed by atoms with E-state index >= 15 is 0 Å². The van der Waals surface area contributed by atoms with Crippen molar-refractivity contribution in [2.45, 2.75) is 38.1 Å². The number of halogens is 1. The molecule has 1 N–H and O–H groups in total. The quantitative estimate of drug-likeness (QED) is 0.827. The lowest BCUT2D eigenvalue weighted by Crippen LogP contribution is -2.44. The summed E-state index contributed by atoms with van der Waals surface area (Å²) in [5.74, 6) is 0. The van der Waals surface area contributed by atoms with Crippen LogP contribution >= 0.6 is 11.6 Å². The van der Waals surface area contributed by atoms with E-state index in [1.807, 2.05) is 6.07 Å². The Balaban J connectivity index is 2.13. The largest absolute Gasteiger partial charge is 0.378 e. The first kappa shape index (κ1) is 9.78. The Labute approximate surface area is 89.7 Å². The van der Waals surface area contributed by atoms with Gasteiger partial charge >= 0.3 is 0 Å². The standard InChI is InChI=1S/C11H15ClN2/c1-2-11(5-3-6-11)14-10-4-7-13-8-9(10)12/h4,7-8H,2-3,5-6H2,1H3,(H,13,14). The number of pyridine rings is 1. The van der Waals surface area contributed by atoms with E-state index in [1.165, 1.54) is 19.3 Å². The maximum absolute atomic E-state index is 6.04. The molecule has 76 valence electrons. The monoisotopic (exact) mass is 210 g/mol. The first-order valence-corrected chi connectivity index (χ1v) is 5.51. The van der Waals surface area contributed by atoms with Gasteiger partial charge in [-0.05, 0) is 31.7 Å². The highest BCUT2D eigenvalue weighted by molar-refractivity contribution is 6.33. The van der Waals surface area contributed by atoms with Gasteiger partial charge in [0.2, 0.25) is 0 Å². The van der Waals surface area contributed by atoms with Crippen molar-refractivity contribution in [2.24, 2.45) is 0 Å². The van der Waals surface area contributed by atoms with E-state index in [2.05, 4.69) is 17.2 Å². The summed E-state index contributed by atoms with van der Waals surface area (Å²) in [4.78, 5) is 3.97. The molecule has 1 aliphatic carbocycles. The minimum Gasteiger partial charge on any atom is -0.378 e. The number of nitrogens with one attached hydrogen (secondary N) is 1. The van der Waals surface area contributed by atoms with E-state index in [-0.39, 0.29) is 0 Å². The number of anilines is 1. The third kappa shape index (κ3) is 1.71. The second-order valence-corrected chi connectivity index (χ2v) is 4.38. The highest BCUT2D eigenvalue weighted by atomic mass is 35.5. The molecule has 3 heteroatoms. The Morgan fingerprint density at radius 2 is 2.36 bits per heavy atom. The molecule has 1 fully saturated rings. The lowest BCUT2D eigenvalue weighted by molar-refractivity contribution is 0.269. The number of rotatable bonds is 3. The highest BCUT2D eigenvalue weighted by Gasteiger charge is 2.35. The summed E-state index contributed by atoms with van der Waals surface area (Å²) in [6.45, 7) is 2.22. The topological polar surface area (TPSA) is 24.9 Å². The zero-order valence-electron chi connectivity index (χ0n) is 8.39. The van der Waals surface area contributed by atoms with Crippen LogP contribution in [0.1, 0.15) is 32.6 Å². The van der Waals surface area contributed by atoms with Crippen molar-refractivity contribution in [2.75, 3.05) is 5.32 Å². The Morgan fingerprint density at radius 3 is 2.86 bits per heavy atom. The van der Waals surface area contributed by atoms with Crippen molar-refractivity contribution < 1.29 is 0 Å². The average molecular weight is 211 g/mol. The molecule has 0 aliphatic heterocycles. The Kier molecular flexibility index (Phi) is 2.64. The van der Waals surface area contributed by atoms with E-state index < -0.39 is 0 Å².